The van der Waals surface area contributed by atoms with Crippen LogP contribution in [0.2, 0.25) is 0 Å². The molecule has 0 unspecified atom stereocenters. The molecule has 0 radical (unpaired) electrons. The fourth-order valence-corrected chi connectivity index (χ4v) is 2.63. The van der Waals surface area contributed by atoms with Gasteiger partial charge in [-0.05, 0) is 18.8 Å². The van der Waals surface area contributed by atoms with Crippen molar-refractivity contribution >= 4 is 17.6 Å². The molecular formula is C14H19N3O5. The number of carbonyl (C=O) groups is 2. The lowest BCUT2D eigenvalue weighted by molar-refractivity contribution is -0.143. The Labute approximate surface area is 126 Å². The first-order valence-electron chi connectivity index (χ1n) is 7.17. The molecule has 8 heteroatoms. The van der Waals surface area contributed by atoms with Crippen molar-refractivity contribution in [1.82, 2.24) is 9.55 Å². The second kappa shape index (κ2) is 6.59. The Morgan fingerprint density at radius 2 is 1.95 bits per heavy atom. The van der Waals surface area contributed by atoms with Crippen LogP contribution in [0.4, 0.5) is 5.82 Å². The van der Waals surface area contributed by atoms with E-state index in [2.05, 4.69) is 0 Å². The number of nitrogen functional groups attached to an aromatic ring is 1. The molecule has 0 aromatic carbocycles. The first-order valence-corrected chi connectivity index (χ1v) is 7.17. The Hall–Kier alpha value is -2.38. The zero-order valence-electron chi connectivity index (χ0n) is 12.4. The fraction of sp³-hybridized carbons (Fsp3) is 0.571. The molecule has 0 bridgehead atoms. The zero-order chi connectivity index (χ0) is 16.3. The van der Waals surface area contributed by atoms with E-state index in [1.54, 1.807) is 0 Å². The minimum Gasteiger partial charge on any atom is -0.457 e. The molecule has 0 atom stereocenters. The maximum atomic E-state index is 12.0. The Balaban J connectivity index is 2.01. The highest BCUT2D eigenvalue weighted by Crippen LogP contribution is 2.27. The second-order valence-electron chi connectivity index (χ2n) is 5.52. The lowest BCUT2D eigenvalue weighted by Gasteiger charge is -2.10. The molecule has 3 N–H and O–H groups in total. The normalized spacial score (nSPS) is 15.0. The summed E-state index contributed by atoms with van der Waals surface area (Å²) in [5.74, 6) is -1.12. The van der Waals surface area contributed by atoms with Crippen LogP contribution in [0.1, 0.15) is 42.5 Å². The number of hydrogen-bond acceptors (Lipinski definition) is 6. The number of aromatic nitrogens is 2. The van der Waals surface area contributed by atoms with Gasteiger partial charge >= 0.3 is 11.7 Å². The Kier molecular flexibility index (Phi) is 4.79. The number of nitrogens with one attached hydrogen (secondary N) is 1. The van der Waals surface area contributed by atoms with E-state index in [-0.39, 0.29) is 17.8 Å². The molecule has 8 nitrogen and oxygen atoms in total. The van der Waals surface area contributed by atoms with Gasteiger partial charge in [-0.3, -0.25) is 23.9 Å². The minimum absolute atomic E-state index is 0.245. The first-order chi connectivity index (χ1) is 10.4. The number of ether oxygens (including phenoxy) is 1. The van der Waals surface area contributed by atoms with Gasteiger partial charge in [0, 0.05) is 13.5 Å². The van der Waals surface area contributed by atoms with Crippen molar-refractivity contribution in [2.45, 2.75) is 32.1 Å². The van der Waals surface area contributed by atoms with Crippen molar-refractivity contribution in [2.24, 2.45) is 13.0 Å². The van der Waals surface area contributed by atoms with Crippen LogP contribution in [0.25, 0.3) is 0 Å². The summed E-state index contributed by atoms with van der Waals surface area (Å²) in [7, 11) is 1.33. The van der Waals surface area contributed by atoms with Gasteiger partial charge in [-0.25, -0.2) is 4.79 Å². The number of H-pyrrole nitrogens is 1. The standard InChI is InChI=1S/C14H19N3O5/c1-17-12(15)11(13(20)16-14(17)21)9(18)7-22-10(19)6-8-4-2-3-5-8/h8H,2-7,15H2,1H3,(H,16,20,21). The lowest BCUT2D eigenvalue weighted by atomic mass is 10.0. The summed E-state index contributed by atoms with van der Waals surface area (Å²) < 4.78 is 5.87. The number of aromatic amines is 1. The maximum Gasteiger partial charge on any atom is 0.329 e. The molecule has 1 fully saturated rings. The second-order valence-corrected chi connectivity index (χ2v) is 5.52. The van der Waals surface area contributed by atoms with Crippen molar-refractivity contribution in [3.05, 3.63) is 26.4 Å². The summed E-state index contributed by atoms with van der Waals surface area (Å²) in [6.07, 6.45) is 4.50. The summed E-state index contributed by atoms with van der Waals surface area (Å²) >= 11 is 0. The van der Waals surface area contributed by atoms with Gasteiger partial charge < -0.3 is 10.5 Å². The van der Waals surface area contributed by atoms with E-state index in [1.165, 1.54) is 7.05 Å². The number of nitrogens with zero attached hydrogens (tertiary/aromatic N) is 1. The monoisotopic (exact) mass is 309 g/mol. The molecule has 2 rings (SSSR count). The number of carbonyl (C=O) groups excluding carboxylic acids is 2. The van der Waals surface area contributed by atoms with Crippen LogP contribution in [0.5, 0.6) is 0 Å². The van der Waals surface area contributed by atoms with E-state index in [0.29, 0.717) is 5.92 Å². The van der Waals surface area contributed by atoms with Gasteiger partial charge in [0.2, 0.25) is 5.78 Å². The molecule has 1 aromatic rings. The molecular weight excluding hydrogens is 290 g/mol. The van der Waals surface area contributed by atoms with E-state index < -0.39 is 29.6 Å². The smallest absolute Gasteiger partial charge is 0.329 e. The summed E-state index contributed by atoms with van der Waals surface area (Å²) in [5.41, 5.74) is 3.65. The molecule has 1 saturated carbocycles. The highest BCUT2D eigenvalue weighted by atomic mass is 16.5. The van der Waals surface area contributed by atoms with Crippen molar-refractivity contribution < 1.29 is 14.3 Å². The van der Waals surface area contributed by atoms with Gasteiger partial charge in [-0.2, -0.15) is 0 Å². The number of nitrogens with two attached hydrogens (primary N) is 1. The Bertz CT molecular complexity index is 697. The van der Waals surface area contributed by atoms with Gasteiger partial charge in [0.25, 0.3) is 5.56 Å². The van der Waals surface area contributed by atoms with E-state index in [0.717, 1.165) is 30.3 Å². The molecule has 0 aliphatic heterocycles. The Morgan fingerprint density at radius 1 is 1.32 bits per heavy atom. The number of anilines is 1. The molecule has 0 saturated heterocycles. The predicted octanol–water partition coefficient (Wildman–Crippen LogP) is -0.0380. The van der Waals surface area contributed by atoms with E-state index >= 15 is 0 Å². The van der Waals surface area contributed by atoms with E-state index in [4.69, 9.17) is 10.5 Å². The molecule has 1 heterocycles. The van der Waals surface area contributed by atoms with Crippen molar-refractivity contribution in [1.29, 1.82) is 0 Å². The van der Waals surface area contributed by atoms with Crippen LogP contribution in [-0.4, -0.2) is 27.9 Å². The van der Waals surface area contributed by atoms with Crippen molar-refractivity contribution in [2.75, 3.05) is 12.3 Å². The third-order valence-electron chi connectivity index (χ3n) is 3.94. The average Bonchev–Trinajstić information content (AvgIpc) is 2.95. The summed E-state index contributed by atoms with van der Waals surface area (Å²) in [6, 6.07) is 0. The zero-order valence-corrected chi connectivity index (χ0v) is 12.4. The van der Waals surface area contributed by atoms with Crippen molar-refractivity contribution in [3.8, 4) is 0 Å². The van der Waals surface area contributed by atoms with Crippen LogP contribution < -0.4 is 17.0 Å². The van der Waals surface area contributed by atoms with Crippen LogP contribution in [0.15, 0.2) is 9.59 Å². The predicted molar refractivity (Wildman–Crippen MR) is 78.6 cm³/mol. The van der Waals surface area contributed by atoms with Crippen LogP contribution in [0.3, 0.4) is 0 Å². The van der Waals surface area contributed by atoms with Crippen LogP contribution in [0, 0.1) is 5.92 Å². The first kappa shape index (κ1) is 16.0. The fourth-order valence-electron chi connectivity index (χ4n) is 2.63. The van der Waals surface area contributed by atoms with Gasteiger partial charge in [0.15, 0.2) is 6.61 Å². The highest BCUT2D eigenvalue weighted by molar-refractivity contribution is 6.01. The highest BCUT2D eigenvalue weighted by Gasteiger charge is 2.22. The molecule has 1 aromatic heterocycles. The molecule has 120 valence electrons. The van der Waals surface area contributed by atoms with Gasteiger partial charge in [0.05, 0.1) is 0 Å². The van der Waals surface area contributed by atoms with E-state index in [9.17, 15) is 19.2 Å². The van der Waals surface area contributed by atoms with Gasteiger partial charge in [-0.1, -0.05) is 12.8 Å². The third kappa shape index (κ3) is 3.44. The SMILES string of the molecule is Cn1c(N)c(C(=O)COC(=O)CC2CCCC2)c(=O)[nH]c1=O. The number of rotatable bonds is 5. The molecule has 0 spiro atoms. The number of ketones is 1. The minimum atomic E-state index is -0.877. The van der Waals surface area contributed by atoms with Crippen LogP contribution >= 0.6 is 0 Å². The Morgan fingerprint density at radius 3 is 2.59 bits per heavy atom. The topological polar surface area (TPSA) is 124 Å². The molecule has 1 aliphatic rings. The number of esters is 1. The maximum absolute atomic E-state index is 12.0. The van der Waals surface area contributed by atoms with Crippen LogP contribution in [-0.2, 0) is 16.6 Å². The van der Waals surface area contributed by atoms with Crippen molar-refractivity contribution in [3.63, 3.8) is 0 Å². The average molecular weight is 309 g/mol. The third-order valence-corrected chi connectivity index (χ3v) is 3.94. The summed E-state index contributed by atoms with van der Waals surface area (Å²) in [6.45, 7) is -0.558. The number of Topliss-reactive ketones (excluding diaryl/α,β-unsaturated/α-hetero) is 1. The summed E-state index contributed by atoms with van der Waals surface area (Å²) in [5, 5.41) is 0. The quantitative estimate of drug-likeness (QED) is 0.581. The number of hydrogen-bond donors (Lipinski definition) is 2. The summed E-state index contributed by atoms with van der Waals surface area (Å²) in [4.78, 5) is 48.7. The molecule has 1 aliphatic carbocycles. The van der Waals surface area contributed by atoms with Gasteiger partial charge in [-0.15, -0.1) is 0 Å². The van der Waals surface area contributed by atoms with E-state index in [1.807, 2.05) is 4.98 Å². The molecule has 0 amide bonds. The molecule has 22 heavy (non-hydrogen) atoms. The van der Waals surface area contributed by atoms with Gasteiger partial charge in [0.1, 0.15) is 11.4 Å². The lowest BCUT2D eigenvalue weighted by Crippen LogP contribution is -2.35. The largest absolute Gasteiger partial charge is 0.457 e.